The Bertz CT molecular complexity index is 586. The van der Waals surface area contributed by atoms with Crippen molar-refractivity contribution in [3.63, 3.8) is 0 Å². The Morgan fingerprint density at radius 3 is 2.44 bits per heavy atom. The van der Waals surface area contributed by atoms with E-state index in [1.165, 1.54) is 17.8 Å². The highest BCUT2D eigenvalue weighted by atomic mass is 35.5. The smallest absolute Gasteiger partial charge is 0.324 e. The summed E-state index contributed by atoms with van der Waals surface area (Å²) in [5.74, 6) is -0.334. The number of phenols is 1. The first kappa shape index (κ1) is 12.7. The Morgan fingerprint density at radius 1 is 1.17 bits per heavy atom. The van der Waals surface area contributed by atoms with Crippen molar-refractivity contribution in [1.82, 2.24) is 0 Å². The molecule has 0 atom stereocenters. The standard InChI is InChI=1S/C12H8ClNO3S/c13-8-4-6-9(7-5-8)18-11-3-1-2-10(15)12(11)14(16)17/h1-7,15H. The molecule has 2 aromatic rings. The maximum absolute atomic E-state index is 10.9. The minimum absolute atomic E-state index is 0.280. The number of nitrogens with zero attached hydrogens (tertiary/aromatic N) is 1. The van der Waals surface area contributed by atoms with Crippen LogP contribution in [-0.2, 0) is 0 Å². The van der Waals surface area contributed by atoms with Crippen molar-refractivity contribution in [2.45, 2.75) is 9.79 Å². The van der Waals surface area contributed by atoms with Gasteiger partial charge in [0.15, 0.2) is 5.75 Å². The fraction of sp³-hybridized carbons (Fsp3) is 0. The Labute approximate surface area is 112 Å². The van der Waals surface area contributed by atoms with Crippen LogP contribution in [0.25, 0.3) is 0 Å². The number of nitro benzene ring substituents is 1. The summed E-state index contributed by atoms with van der Waals surface area (Å²) in [6, 6.07) is 11.4. The van der Waals surface area contributed by atoms with E-state index in [0.29, 0.717) is 9.92 Å². The molecule has 92 valence electrons. The second-order valence-electron chi connectivity index (χ2n) is 3.44. The van der Waals surface area contributed by atoms with Gasteiger partial charge in [0, 0.05) is 9.92 Å². The van der Waals surface area contributed by atoms with Gasteiger partial charge in [-0.3, -0.25) is 10.1 Å². The van der Waals surface area contributed by atoms with Gasteiger partial charge in [0.2, 0.25) is 0 Å². The van der Waals surface area contributed by atoms with Crippen molar-refractivity contribution in [2.24, 2.45) is 0 Å². The van der Waals surface area contributed by atoms with E-state index in [4.69, 9.17) is 11.6 Å². The summed E-state index contributed by atoms with van der Waals surface area (Å²) in [7, 11) is 0. The average Bonchev–Trinajstić information content (AvgIpc) is 2.32. The fourth-order valence-corrected chi connectivity index (χ4v) is 2.48. The molecule has 0 spiro atoms. The number of nitro groups is 1. The summed E-state index contributed by atoms with van der Waals surface area (Å²) in [5, 5.41) is 21.0. The number of hydrogen-bond acceptors (Lipinski definition) is 4. The molecule has 2 aromatic carbocycles. The first-order chi connectivity index (χ1) is 8.58. The lowest BCUT2D eigenvalue weighted by Gasteiger charge is -2.04. The van der Waals surface area contributed by atoms with E-state index in [0.717, 1.165) is 4.90 Å². The zero-order valence-electron chi connectivity index (χ0n) is 9.04. The van der Waals surface area contributed by atoms with Crippen LogP contribution < -0.4 is 0 Å². The van der Waals surface area contributed by atoms with Gasteiger partial charge in [0.1, 0.15) is 0 Å². The monoisotopic (exact) mass is 281 g/mol. The lowest BCUT2D eigenvalue weighted by atomic mass is 10.3. The number of para-hydroxylation sites is 1. The molecular weight excluding hydrogens is 274 g/mol. The maximum Gasteiger partial charge on any atom is 0.324 e. The molecule has 0 heterocycles. The van der Waals surface area contributed by atoms with Crippen LogP contribution in [0.4, 0.5) is 5.69 Å². The van der Waals surface area contributed by atoms with Crippen LogP contribution in [0.2, 0.25) is 5.02 Å². The molecule has 1 N–H and O–H groups in total. The molecule has 2 rings (SSSR count). The van der Waals surface area contributed by atoms with Gasteiger partial charge < -0.3 is 5.11 Å². The summed E-state index contributed by atoms with van der Waals surface area (Å²) in [6.45, 7) is 0. The number of aromatic hydroxyl groups is 1. The second kappa shape index (κ2) is 5.29. The quantitative estimate of drug-likeness (QED) is 0.679. The molecule has 0 bridgehead atoms. The highest BCUT2D eigenvalue weighted by Crippen LogP contribution is 2.39. The second-order valence-corrected chi connectivity index (χ2v) is 4.99. The van der Waals surface area contributed by atoms with Gasteiger partial charge in [-0.05, 0) is 36.4 Å². The van der Waals surface area contributed by atoms with Crippen molar-refractivity contribution in [3.8, 4) is 5.75 Å². The summed E-state index contributed by atoms with van der Waals surface area (Å²) in [6.07, 6.45) is 0. The van der Waals surface area contributed by atoms with Crippen molar-refractivity contribution in [2.75, 3.05) is 0 Å². The van der Waals surface area contributed by atoms with Gasteiger partial charge in [-0.2, -0.15) is 0 Å². The molecule has 0 aromatic heterocycles. The SMILES string of the molecule is O=[N+]([O-])c1c(O)cccc1Sc1ccc(Cl)cc1. The van der Waals surface area contributed by atoms with Crippen LogP contribution in [0, 0.1) is 10.1 Å². The van der Waals surface area contributed by atoms with E-state index in [-0.39, 0.29) is 11.4 Å². The van der Waals surface area contributed by atoms with Gasteiger partial charge >= 0.3 is 5.69 Å². The summed E-state index contributed by atoms with van der Waals surface area (Å²) >= 11 is 6.97. The molecule has 0 saturated carbocycles. The van der Waals surface area contributed by atoms with E-state index in [9.17, 15) is 15.2 Å². The number of benzene rings is 2. The molecule has 0 aliphatic carbocycles. The van der Waals surface area contributed by atoms with Crippen LogP contribution in [-0.4, -0.2) is 10.0 Å². The predicted molar refractivity (Wildman–Crippen MR) is 70.3 cm³/mol. The Kier molecular flexibility index (Phi) is 3.74. The van der Waals surface area contributed by atoms with Crippen molar-refractivity contribution in [3.05, 3.63) is 57.6 Å². The van der Waals surface area contributed by atoms with Gasteiger partial charge in [0.25, 0.3) is 0 Å². The van der Waals surface area contributed by atoms with E-state index >= 15 is 0 Å². The summed E-state index contributed by atoms with van der Waals surface area (Å²) in [5.41, 5.74) is -0.280. The van der Waals surface area contributed by atoms with E-state index in [2.05, 4.69) is 0 Å². The van der Waals surface area contributed by atoms with Gasteiger partial charge in [-0.25, -0.2) is 0 Å². The molecule has 0 aliphatic rings. The topological polar surface area (TPSA) is 63.4 Å². The molecule has 0 fully saturated rings. The van der Waals surface area contributed by atoms with Crippen LogP contribution in [0.3, 0.4) is 0 Å². The number of rotatable bonds is 3. The normalized spacial score (nSPS) is 10.3. The largest absolute Gasteiger partial charge is 0.502 e. The zero-order chi connectivity index (χ0) is 13.1. The van der Waals surface area contributed by atoms with Crippen molar-refractivity contribution < 1.29 is 10.0 Å². The van der Waals surface area contributed by atoms with E-state index in [1.54, 1.807) is 36.4 Å². The van der Waals surface area contributed by atoms with Gasteiger partial charge in [-0.15, -0.1) is 0 Å². The Morgan fingerprint density at radius 2 is 1.83 bits per heavy atom. The summed E-state index contributed by atoms with van der Waals surface area (Å²) in [4.78, 5) is 11.5. The highest BCUT2D eigenvalue weighted by Gasteiger charge is 2.19. The number of phenolic OH excluding ortho intramolecular Hbond substituents is 1. The fourth-order valence-electron chi connectivity index (χ4n) is 1.41. The molecule has 0 radical (unpaired) electrons. The molecule has 0 amide bonds. The highest BCUT2D eigenvalue weighted by molar-refractivity contribution is 7.99. The molecule has 18 heavy (non-hydrogen) atoms. The van der Waals surface area contributed by atoms with Crippen LogP contribution in [0.1, 0.15) is 0 Å². The molecule has 0 unspecified atom stereocenters. The number of hydrogen-bond donors (Lipinski definition) is 1. The minimum Gasteiger partial charge on any atom is -0.502 e. The average molecular weight is 282 g/mol. The third-order valence-electron chi connectivity index (χ3n) is 2.20. The van der Waals surface area contributed by atoms with E-state index < -0.39 is 4.92 Å². The van der Waals surface area contributed by atoms with Gasteiger partial charge in [0.05, 0.1) is 9.82 Å². The predicted octanol–water partition coefficient (Wildman–Crippen LogP) is 4.11. The summed E-state index contributed by atoms with van der Waals surface area (Å²) < 4.78 is 0. The third kappa shape index (κ3) is 2.75. The van der Waals surface area contributed by atoms with Crippen molar-refractivity contribution in [1.29, 1.82) is 0 Å². The minimum atomic E-state index is -0.590. The molecule has 4 nitrogen and oxygen atoms in total. The lowest BCUT2D eigenvalue weighted by molar-refractivity contribution is -0.388. The molecule has 0 saturated heterocycles. The van der Waals surface area contributed by atoms with Gasteiger partial charge in [-0.1, -0.05) is 29.4 Å². The lowest BCUT2D eigenvalue weighted by Crippen LogP contribution is -1.91. The number of halogens is 1. The zero-order valence-corrected chi connectivity index (χ0v) is 10.6. The van der Waals surface area contributed by atoms with Crippen LogP contribution in [0.5, 0.6) is 5.75 Å². The molecule has 0 aliphatic heterocycles. The van der Waals surface area contributed by atoms with Crippen molar-refractivity contribution >= 4 is 29.1 Å². The Hall–Kier alpha value is -1.72. The van der Waals surface area contributed by atoms with Crippen LogP contribution in [0.15, 0.2) is 52.3 Å². The Balaban J connectivity index is 2.37. The first-order valence-electron chi connectivity index (χ1n) is 4.97. The first-order valence-corrected chi connectivity index (χ1v) is 6.17. The van der Waals surface area contributed by atoms with E-state index in [1.807, 2.05) is 0 Å². The maximum atomic E-state index is 10.9. The third-order valence-corrected chi connectivity index (χ3v) is 3.51. The van der Waals surface area contributed by atoms with Crippen LogP contribution >= 0.6 is 23.4 Å². The molecule has 6 heteroatoms. The molecular formula is C12H8ClNO3S.